The van der Waals surface area contributed by atoms with Crippen molar-refractivity contribution in [3.63, 3.8) is 0 Å². The summed E-state index contributed by atoms with van der Waals surface area (Å²) in [6, 6.07) is 1.09. The Labute approximate surface area is 185 Å². The maximum atomic E-state index is 13.6. The Hall–Kier alpha value is -2.14. The average molecular weight is 468 g/mol. The second-order valence-electron chi connectivity index (χ2n) is 9.40. The van der Waals surface area contributed by atoms with Gasteiger partial charge in [-0.2, -0.15) is 4.98 Å². The molecule has 1 N–H and O–H groups in total. The zero-order chi connectivity index (χ0) is 22.7. The number of hydrogen-bond donors (Lipinski definition) is 1. The predicted molar refractivity (Wildman–Crippen MR) is 116 cm³/mol. The van der Waals surface area contributed by atoms with Crippen molar-refractivity contribution in [3.8, 4) is 0 Å². The molecule has 0 radical (unpaired) electrons. The number of fused-ring (bicyclic) bond motifs is 1. The number of rotatable bonds is 5. The second-order valence-corrected chi connectivity index (χ2v) is 11.4. The number of sulfonamides is 1. The Bertz CT molecular complexity index is 1200. The maximum absolute atomic E-state index is 13.6. The van der Waals surface area contributed by atoms with E-state index < -0.39 is 27.6 Å². The predicted octanol–water partition coefficient (Wildman–Crippen LogP) is 3.07. The van der Waals surface area contributed by atoms with E-state index in [1.807, 2.05) is 0 Å². The Kier molecular flexibility index (Phi) is 5.23. The van der Waals surface area contributed by atoms with Crippen molar-refractivity contribution in [2.75, 3.05) is 24.7 Å². The topological polar surface area (TPSA) is 97.2 Å². The molecule has 32 heavy (non-hydrogen) atoms. The summed E-state index contributed by atoms with van der Waals surface area (Å²) in [6.45, 7) is 0.828. The van der Waals surface area contributed by atoms with Gasteiger partial charge >= 0.3 is 0 Å². The van der Waals surface area contributed by atoms with E-state index >= 15 is 0 Å². The van der Waals surface area contributed by atoms with E-state index in [1.165, 1.54) is 27.4 Å². The van der Waals surface area contributed by atoms with Crippen LogP contribution in [0.25, 0.3) is 11.0 Å². The molecule has 0 aromatic carbocycles. The molecule has 0 bridgehead atoms. The van der Waals surface area contributed by atoms with Gasteiger partial charge in [-0.3, -0.25) is 9.36 Å². The minimum Gasteiger partial charge on any atom is -0.351 e. The normalized spacial score (nSPS) is 23.9. The summed E-state index contributed by atoms with van der Waals surface area (Å²) in [4.78, 5) is 22.0. The van der Waals surface area contributed by atoms with E-state index in [4.69, 9.17) is 0 Å². The van der Waals surface area contributed by atoms with Crippen LogP contribution in [0.1, 0.15) is 63.0 Å². The molecule has 1 aliphatic heterocycles. The zero-order valence-electron chi connectivity index (χ0n) is 17.9. The largest absolute Gasteiger partial charge is 0.351 e. The number of alkyl halides is 2. The molecule has 3 heterocycles. The fraction of sp³-hybridized carbons (Fsp3) is 0.667. The number of pyridine rings is 1. The molecule has 1 spiro atoms. The lowest BCUT2D eigenvalue weighted by atomic mass is 9.99. The van der Waals surface area contributed by atoms with Crippen LogP contribution in [0.15, 0.2) is 17.1 Å². The lowest BCUT2D eigenvalue weighted by Gasteiger charge is -2.30. The molecule has 3 aliphatic rings. The first-order valence-corrected chi connectivity index (χ1v) is 12.9. The van der Waals surface area contributed by atoms with Gasteiger partial charge in [0.05, 0.1) is 11.8 Å². The first-order valence-electron chi connectivity index (χ1n) is 11.1. The van der Waals surface area contributed by atoms with E-state index in [0.29, 0.717) is 42.9 Å². The molecule has 5 rings (SSSR count). The molecule has 3 fully saturated rings. The van der Waals surface area contributed by atoms with E-state index in [2.05, 4.69) is 15.3 Å². The third kappa shape index (κ3) is 3.79. The highest BCUT2D eigenvalue weighted by Gasteiger charge is 2.53. The van der Waals surface area contributed by atoms with Crippen LogP contribution >= 0.6 is 0 Å². The molecule has 1 saturated heterocycles. The van der Waals surface area contributed by atoms with E-state index in [0.717, 1.165) is 32.1 Å². The van der Waals surface area contributed by atoms with Crippen LogP contribution in [0.5, 0.6) is 0 Å². The van der Waals surface area contributed by atoms with Gasteiger partial charge in [-0.1, -0.05) is 6.42 Å². The van der Waals surface area contributed by atoms with Crippen LogP contribution in [0.3, 0.4) is 0 Å². The SMILES string of the molecule is CS(=O)(=O)N1CCC(Nc2ncc3cc(C(F)F)c(=O)n([C@H]4CCCC45CC5)c3n2)CC1. The Morgan fingerprint density at radius 3 is 2.53 bits per heavy atom. The van der Waals surface area contributed by atoms with Crippen molar-refractivity contribution in [1.82, 2.24) is 18.8 Å². The lowest BCUT2D eigenvalue weighted by molar-refractivity contribution is 0.148. The van der Waals surface area contributed by atoms with E-state index in [9.17, 15) is 22.0 Å². The van der Waals surface area contributed by atoms with Gasteiger partial charge in [0.2, 0.25) is 16.0 Å². The van der Waals surface area contributed by atoms with Crippen molar-refractivity contribution in [2.45, 2.75) is 63.5 Å². The van der Waals surface area contributed by atoms with Gasteiger partial charge in [0.15, 0.2) is 0 Å². The molecule has 8 nitrogen and oxygen atoms in total. The minimum absolute atomic E-state index is 0.00721. The molecule has 1 atom stereocenters. The Morgan fingerprint density at radius 1 is 1.19 bits per heavy atom. The van der Waals surface area contributed by atoms with Gasteiger partial charge in [-0.25, -0.2) is 26.5 Å². The van der Waals surface area contributed by atoms with Crippen molar-refractivity contribution >= 4 is 27.0 Å². The molecule has 174 valence electrons. The van der Waals surface area contributed by atoms with Crippen LogP contribution in [-0.4, -0.2) is 52.6 Å². The number of hydrogen-bond acceptors (Lipinski definition) is 6. The van der Waals surface area contributed by atoms with Gasteiger partial charge < -0.3 is 5.32 Å². The summed E-state index contributed by atoms with van der Waals surface area (Å²) in [6.07, 6.45) is 5.87. The molecule has 0 unspecified atom stereocenters. The highest BCUT2D eigenvalue weighted by molar-refractivity contribution is 7.88. The van der Waals surface area contributed by atoms with Crippen molar-refractivity contribution in [2.24, 2.45) is 5.41 Å². The zero-order valence-corrected chi connectivity index (χ0v) is 18.7. The molecule has 2 aromatic rings. The Balaban J connectivity index is 1.49. The summed E-state index contributed by atoms with van der Waals surface area (Å²) in [7, 11) is -3.21. The van der Waals surface area contributed by atoms with Crippen molar-refractivity contribution < 1.29 is 17.2 Å². The molecule has 11 heteroatoms. The highest BCUT2D eigenvalue weighted by atomic mass is 32.2. The summed E-state index contributed by atoms with van der Waals surface area (Å²) in [5.74, 6) is 0.330. The van der Waals surface area contributed by atoms with Crippen LogP contribution in [0.4, 0.5) is 14.7 Å². The lowest BCUT2D eigenvalue weighted by Crippen LogP contribution is -2.42. The molecule has 2 saturated carbocycles. The quantitative estimate of drug-likeness (QED) is 0.726. The number of anilines is 1. The van der Waals surface area contributed by atoms with Crippen LogP contribution < -0.4 is 10.9 Å². The fourth-order valence-electron chi connectivity index (χ4n) is 5.44. The van der Waals surface area contributed by atoms with Gasteiger partial charge in [-0.05, 0) is 50.0 Å². The standard InChI is InChI=1S/C21H27F2N5O3S/c1-32(30,31)27-9-4-14(5-10-27)25-20-24-12-13-11-15(17(22)23)19(29)28(18(13)26-20)16-3-2-6-21(16)7-8-21/h11-12,14,16-17H,2-10H2,1H3,(H,24,25,26)/t16-/m0/s1. The summed E-state index contributed by atoms with van der Waals surface area (Å²) in [5, 5.41) is 3.68. The third-order valence-corrected chi connectivity index (χ3v) is 8.66. The molecule has 0 amide bonds. The van der Waals surface area contributed by atoms with Crippen LogP contribution in [0.2, 0.25) is 0 Å². The number of piperidine rings is 1. The van der Waals surface area contributed by atoms with Gasteiger partial charge in [0.1, 0.15) is 5.65 Å². The Morgan fingerprint density at radius 2 is 1.91 bits per heavy atom. The molecule has 2 aromatic heterocycles. The minimum atomic E-state index is -3.21. The first-order chi connectivity index (χ1) is 15.2. The van der Waals surface area contributed by atoms with Crippen LogP contribution in [-0.2, 0) is 10.0 Å². The second kappa shape index (κ2) is 7.72. The summed E-state index contributed by atoms with van der Waals surface area (Å²) < 4.78 is 53.6. The van der Waals surface area contributed by atoms with E-state index in [1.54, 1.807) is 0 Å². The maximum Gasteiger partial charge on any atom is 0.269 e. The number of aromatic nitrogens is 3. The first kappa shape index (κ1) is 21.7. The monoisotopic (exact) mass is 467 g/mol. The number of halogens is 2. The van der Waals surface area contributed by atoms with Gasteiger partial charge in [0, 0.05) is 36.8 Å². The average Bonchev–Trinajstić information content (AvgIpc) is 3.40. The molecular weight excluding hydrogens is 440 g/mol. The van der Waals surface area contributed by atoms with Crippen LogP contribution in [0, 0.1) is 5.41 Å². The fourth-order valence-corrected chi connectivity index (χ4v) is 6.31. The van der Waals surface area contributed by atoms with E-state index in [-0.39, 0.29) is 17.5 Å². The summed E-state index contributed by atoms with van der Waals surface area (Å²) in [5.41, 5.74) is -0.729. The number of nitrogens with one attached hydrogen (secondary N) is 1. The smallest absolute Gasteiger partial charge is 0.269 e. The summed E-state index contributed by atoms with van der Waals surface area (Å²) >= 11 is 0. The molecule has 2 aliphatic carbocycles. The number of nitrogens with zero attached hydrogens (tertiary/aromatic N) is 4. The van der Waals surface area contributed by atoms with Gasteiger partial charge in [0.25, 0.3) is 12.0 Å². The third-order valence-electron chi connectivity index (χ3n) is 7.36. The van der Waals surface area contributed by atoms with Crippen molar-refractivity contribution in [3.05, 3.63) is 28.2 Å². The highest BCUT2D eigenvalue weighted by Crippen LogP contribution is 2.63. The van der Waals surface area contributed by atoms with Gasteiger partial charge in [-0.15, -0.1) is 0 Å². The van der Waals surface area contributed by atoms with Crippen molar-refractivity contribution in [1.29, 1.82) is 0 Å². The molecular formula is C21H27F2N5O3S.